The van der Waals surface area contributed by atoms with Gasteiger partial charge in [-0.2, -0.15) is 0 Å². The fraction of sp³-hybridized carbons (Fsp3) is 0.259. The Bertz CT molecular complexity index is 1490. The molecule has 4 aromatic rings. The van der Waals surface area contributed by atoms with Gasteiger partial charge in [0, 0.05) is 37.3 Å². The first kappa shape index (κ1) is 26.9. The number of nitrogens with zero attached hydrogens (tertiary/aromatic N) is 4. The number of benzene rings is 2. The summed E-state index contributed by atoms with van der Waals surface area (Å²) in [5.41, 5.74) is 2.04. The van der Waals surface area contributed by atoms with Crippen molar-refractivity contribution in [3.05, 3.63) is 70.1 Å². The molecule has 0 saturated carbocycles. The average Bonchev–Trinajstić information content (AvgIpc) is 2.96. The third-order valence-electron chi connectivity index (χ3n) is 6.30. The maximum Gasteiger partial charge on any atom is 0.257 e. The second-order valence-electron chi connectivity index (χ2n) is 8.73. The molecule has 2 N–H and O–H groups in total. The first-order chi connectivity index (χ1) is 19.0. The number of ether oxygens (including phenoxy) is 3. The molecule has 2 aromatic carbocycles. The van der Waals surface area contributed by atoms with E-state index < -0.39 is 5.91 Å². The molecule has 5 rings (SSSR count). The van der Waals surface area contributed by atoms with E-state index >= 15 is 0 Å². The monoisotopic (exact) mass is 568 g/mol. The lowest BCUT2D eigenvalue weighted by Crippen LogP contribution is -2.35. The van der Waals surface area contributed by atoms with Gasteiger partial charge in [-0.1, -0.05) is 29.3 Å². The molecular weight excluding hydrogens is 543 g/mol. The zero-order chi connectivity index (χ0) is 27.4. The summed E-state index contributed by atoms with van der Waals surface area (Å²) >= 11 is 12.9. The Balaban J connectivity index is 1.42. The maximum absolute atomic E-state index is 13.4. The highest BCUT2D eigenvalue weighted by atomic mass is 35.5. The lowest BCUT2D eigenvalue weighted by atomic mass is 10.1. The van der Waals surface area contributed by atoms with Gasteiger partial charge in [-0.3, -0.25) is 9.69 Å². The van der Waals surface area contributed by atoms with Gasteiger partial charge in [-0.15, -0.1) is 0 Å². The molecular formula is C27H26Cl2N6O4. The van der Waals surface area contributed by atoms with Gasteiger partial charge in [0.25, 0.3) is 5.91 Å². The molecule has 3 heterocycles. The summed E-state index contributed by atoms with van der Waals surface area (Å²) in [4.78, 5) is 29.0. The van der Waals surface area contributed by atoms with Crippen LogP contribution in [0.1, 0.15) is 15.9 Å². The third kappa shape index (κ3) is 5.84. The molecule has 1 aliphatic rings. The van der Waals surface area contributed by atoms with Gasteiger partial charge in [-0.05, 0) is 29.8 Å². The van der Waals surface area contributed by atoms with Gasteiger partial charge in [0.15, 0.2) is 0 Å². The number of halogens is 2. The Hall–Kier alpha value is -3.70. The summed E-state index contributed by atoms with van der Waals surface area (Å²) in [5.74, 6) is 1.31. The van der Waals surface area contributed by atoms with E-state index in [1.54, 1.807) is 24.4 Å². The van der Waals surface area contributed by atoms with E-state index in [-0.39, 0.29) is 15.7 Å². The predicted molar refractivity (Wildman–Crippen MR) is 151 cm³/mol. The van der Waals surface area contributed by atoms with Crippen LogP contribution < -0.4 is 20.1 Å². The van der Waals surface area contributed by atoms with Gasteiger partial charge in [-0.25, -0.2) is 15.0 Å². The molecule has 12 heteroatoms. The highest BCUT2D eigenvalue weighted by Crippen LogP contribution is 2.44. The maximum atomic E-state index is 13.4. The van der Waals surface area contributed by atoms with Crippen LogP contribution in [0, 0.1) is 0 Å². The number of fused-ring (bicyclic) bond motifs is 1. The topological polar surface area (TPSA) is 111 Å². The fourth-order valence-corrected chi connectivity index (χ4v) is 4.92. The van der Waals surface area contributed by atoms with Crippen molar-refractivity contribution in [1.82, 2.24) is 19.9 Å². The summed E-state index contributed by atoms with van der Waals surface area (Å²) < 4.78 is 16.0. The molecule has 10 nitrogen and oxygen atoms in total. The van der Waals surface area contributed by atoms with E-state index in [1.807, 2.05) is 18.2 Å². The van der Waals surface area contributed by atoms with Crippen LogP contribution >= 0.6 is 23.2 Å². The van der Waals surface area contributed by atoms with Crippen LogP contribution in [0.25, 0.3) is 10.9 Å². The van der Waals surface area contributed by atoms with Crippen LogP contribution in [-0.2, 0) is 11.3 Å². The number of aromatic nitrogens is 3. The first-order valence-corrected chi connectivity index (χ1v) is 12.9. The molecule has 39 heavy (non-hydrogen) atoms. The minimum Gasteiger partial charge on any atom is -0.495 e. The summed E-state index contributed by atoms with van der Waals surface area (Å²) in [6.45, 7) is 4.07. The van der Waals surface area contributed by atoms with Crippen molar-refractivity contribution in [3.63, 3.8) is 0 Å². The lowest BCUT2D eigenvalue weighted by molar-refractivity contribution is 0.0342. The highest BCUT2D eigenvalue weighted by molar-refractivity contribution is 6.42. The summed E-state index contributed by atoms with van der Waals surface area (Å²) in [6.07, 6.45) is 3.16. The zero-order valence-corrected chi connectivity index (χ0v) is 22.8. The zero-order valence-electron chi connectivity index (χ0n) is 21.3. The minimum atomic E-state index is -0.463. The largest absolute Gasteiger partial charge is 0.495 e. The number of para-hydroxylation sites is 1. The van der Waals surface area contributed by atoms with Crippen molar-refractivity contribution < 1.29 is 19.0 Å². The number of rotatable bonds is 8. The quantitative estimate of drug-likeness (QED) is 0.297. The number of carbonyl (C=O) groups excluding carboxylic acids is 1. The average molecular weight is 569 g/mol. The van der Waals surface area contributed by atoms with Gasteiger partial charge in [0.2, 0.25) is 0 Å². The van der Waals surface area contributed by atoms with E-state index in [9.17, 15) is 4.79 Å². The third-order valence-corrected chi connectivity index (χ3v) is 7.05. The highest BCUT2D eigenvalue weighted by Gasteiger charge is 2.21. The normalized spacial score (nSPS) is 13.7. The van der Waals surface area contributed by atoms with Gasteiger partial charge >= 0.3 is 0 Å². The molecule has 2 aromatic heterocycles. The minimum absolute atomic E-state index is 0.150. The Morgan fingerprint density at radius 2 is 1.77 bits per heavy atom. The lowest BCUT2D eigenvalue weighted by Gasteiger charge is -2.26. The summed E-state index contributed by atoms with van der Waals surface area (Å²) in [6, 6.07) is 10.8. The second-order valence-corrected chi connectivity index (χ2v) is 9.48. The van der Waals surface area contributed by atoms with Gasteiger partial charge in [0.1, 0.15) is 39.5 Å². The van der Waals surface area contributed by atoms with Crippen LogP contribution in [0.15, 0.2) is 48.9 Å². The van der Waals surface area contributed by atoms with Crippen molar-refractivity contribution in [3.8, 4) is 11.5 Å². The first-order valence-electron chi connectivity index (χ1n) is 12.2. The fourth-order valence-electron chi connectivity index (χ4n) is 4.33. The molecule has 202 valence electrons. The Labute approximate surface area is 235 Å². The molecule has 0 unspecified atom stereocenters. The number of anilines is 3. The van der Waals surface area contributed by atoms with E-state index in [0.29, 0.717) is 39.6 Å². The molecule has 1 aliphatic heterocycles. The van der Waals surface area contributed by atoms with Crippen LogP contribution in [0.2, 0.25) is 10.0 Å². The molecule has 0 radical (unpaired) electrons. The number of hydrogen-bond acceptors (Lipinski definition) is 9. The Morgan fingerprint density at radius 3 is 2.49 bits per heavy atom. The molecule has 1 fully saturated rings. The number of morpholine rings is 1. The van der Waals surface area contributed by atoms with Crippen molar-refractivity contribution in [2.24, 2.45) is 0 Å². The molecule has 1 saturated heterocycles. The number of methoxy groups -OCH3 is 2. The molecule has 0 atom stereocenters. The number of amides is 1. The predicted octanol–water partition coefficient (Wildman–Crippen LogP) is 5.18. The van der Waals surface area contributed by atoms with Crippen LogP contribution in [0.4, 0.5) is 17.3 Å². The molecule has 1 amide bonds. The number of carbonyl (C=O) groups is 1. The van der Waals surface area contributed by atoms with Crippen LogP contribution in [0.3, 0.4) is 0 Å². The SMILES string of the molecule is COc1cc(OC)c(Cl)c(NC(=O)c2cccc3c(Nc4cc(CN5CCOCC5)ccn4)ncnc23)c1Cl. The van der Waals surface area contributed by atoms with E-state index in [1.165, 1.54) is 20.5 Å². The van der Waals surface area contributed by atoms with Crippen molar-refractivity contribution >= 4 is 57.3 Å². The van der Waals surface area contributed by atoms with Crippen molar-refractivity contribution in [2.75, 3.05) is 51.2 Å². The van der Waals surface area contributed by atoms with Crippen molar-refractivity contribution in [2.45, 2.75) is 6.54 Å². The standard InChI is InChI=1S/C27H26Cl2N6O4/c1-37-19-13-20(38-2)23(29)25(22(19)28)34-27(36)18-5-3-4-17-24(18)31-15-32-26(17)33-21-12-16(6-7-30-21)14-35-8-10-39-11-9-35/h3-7,12-13,15H,8-11,14H2,1-2H3,(H,34,36)(H,30,31,32,33). The van der Waals surface area contributed by atoms with Gasteiger partial charge < -0.3 is 24.8 Å². The van der Waals surface area contributed by atoms with Gasteiger partial charge in [0.05, 0.1) is 44.2 Å². The van der Waals surface area contributed by atoms with E-state index in [2.05, 4.69) is 30.5 Å². The van der Waals surface area contributed by atoms with Crippen LogP contribution in [0.5, 0.6) is 11.5 Å². The van der Waals surface area contributed by atoms with Crippen LogP contribution in [-0.4, -0.2) is 66.3 Å². The van der Waals surface area contributed by atoms with Crippen molar-refractivity contribution in [1.29, 1.82) is 0 Å². The van der Waals surface area contributed by atoms with E-state index in [4.69, 9.17) is 37.4 Å². The summed E-state index contributed by atoms with van der Waals surface area (Å²) in [5, 5.41) is 7.00. The number of hydrogen-bond donors (Lipinski definition) is 2. The van der Waals surface area contributed by atoms with E-state index in [0.717, 1.165) is 38.4 Å². The molecule has 0 spiro atoms. The number of pyridine rings is 1. The Kier molecular flexibility index (Phi) is 8.27. The molecule has 0 bridgehead atoms. The number of nitrogens with one attached hydrogen (secondary N) is 2. The second kappa shape index (κ2) is 12.0. The molecule has 0 aliphatic carbocycles. The Morgan fingerprint density at radius 1 is 1.03 bits per heavy atom. The summed E-state index contributed by atoms with van der Waals surface area (Å²) in [7, 11) is 2.92. The smallest absolute Gasteiger partial charge is 0.257 e.